The Morgan fingerprint density at radius 1 is 1.38 bits per heavy atom. The van der Waals surface area contributed by atoms with Gasteiger partial charge in [0.15, 0.2) is 0 Å². The standard InChI is InChI=1S/C10H8ClN2PS2/c1-2-16-14(11,15)10-8(6-12)4-3-5-9(10)7-13/h3-5H,2H2,1H3. The molecule has 16 heavy (non-hydrogen) atoms. The summed E-state index contributed by atoms with van der Waals surface area (Å²) in [6, 6.07) is 9.06. The Balaban J connectivity index is 3.49. The zero-order valence-electron chi connectivity index (χ0n) is 8.48. The van der Waals surface area contributed by atoms with Crippen LogP contribution in [0.1, 0.15) is 18.1 Å². The summed E-state index contributed by atoms with van der Waals surface area (Å²) in [4.78, 5) is 0. The van der Waals surface area contributed by atoms with Gasteiger partial charge < -0.3 is 0 Å². The Labute approximate surface area is 109 Å². The second kappa shape index (κ2) is 5.71. The molecular weight excluding hydrogens is 279 g/mol. The summed E-state index contributed by atoms with van der Waals surface area (Å²) in [5, 5.41) is 18.6. The van der Waals surface area contributed by atoms with Crippen LogP contribution in [-0.2, 0) is 11.8 Å². The second-order valence-electron chi connectivity index (χ2n) is 2.82. The van der Waals surface area contributed by atoms with E-state index in [1.165, 1.54) is 11.4 Å². The van der Waals surface area contributed by atoms with E-state index in [4.69, 9.17) is 33.6 Å². The second-order valence-corrected chi connectivity index (χ2v) is 12.5. The van der Waals surface area contributed by atoms with Crippen molar-refractivity contribution in [3.63, 3.8) is 0 Å². The summed E-state index contributed by atoms with van der Waals surface area (Å²) < 4.78 is -2.38. The predicted octanol–water partition coefficient (Wildman–Crippen LogP) is 3.36. The molecular formula is C10H8ClN2PS2. The van der Waals surface area contributed by atoms with Crippen LogP contribution in [0.15, 0.2) is 18.2 Å². The molecule has 0 aliphatic rings. The van der Waals surface area contributed by atoms with E-state index in [0.717, 1.165) is 5.75 Å². The van der Waals surface area contributed by atoms with Crippen LogP contribution < -0.4 is 5.30 Å². The van der Waals surface area contributed by atoms with E-state index >= 15 is 0 Å². The van der Waals surface area contributed by atoms with Crippen LogP contribution in [0.25, 0.3) is 0 Å². The molecule has 82 valence electrons. The highest BCUT2D eigenvalue weighted by Gasteiger charge is 2.23. The van der Waals surface area contributed by atoms with Crippen molar-refractivity contribution in [2.75, 3.05) is 5.75 Å². The lowest BCUT2D eigenvalue weighted by Crippen LogP contribution is -2.09. The van der Waals surface area contributed by atoms with Gasteiger partial charge in [0.2, 0.25) is 0 Å². The molecule has 6 heteroatoms. The van der Waals surface area contributed by atoms with Gasteiger partial charge in [0, 0.05) is 5.30 Å². The van der Waals surface area contributed by atoms with E-state index in [9.17, 15) is 0 Å². The molecule has 0 bridgehead atoms. The zero-order valence-corrected chi connectivity index (χ0v) is 11.8. The fourth-order valence-electron chi connectivity index (χ4n) is 1.24. The van der Waals surface area contributed by atoms with Crippen molar-refractivity contribution in [1.29, 1.82) is 10.5 Å². The highest BCUT2D eigenvalue weighted by atomic mass is 35.7. The highest BCUT2D eigenvalue weighted by Crippen LogP contribution is 2.63. The van der Waals surface area contributed by atoms with E-state index in [0.29, 0.717) is 16.4 Å². The number of rotatable bonds is 3. The first kappa shape index (κ1) is 13.6. The Kier molecular flexibility index (Phi) is 4.84. The van der Waals surface area contributed by atoms with Crippen LogP contribution in [0.2, 0.25) is 0 Å². The number of nitriles is 2. The minimum Gasteiger partial charge on any atom is -0.192 e. The van der Waals surface area contributed by atoms with Crippen molar-refractivity contribution in [2.24, 2.45) is 0 Å². The van der Waals surface area contributed by atoms with Gasteiger partial charge in [0.25, 0.3) is 0 Å². The summed E-state index contributed by atoms with van der Waals surface area (Å²) in [5.41, 5.74) is 0.830. The Morgan fingerprint density at radius 3 is 2.25 bits per heavy atom. The fraction of sp³-hybridized carbons (Fsp3) is 0.200. The number of halogens is 1. The fourth-order valence-corrected chi connectivity index (χ4v) is 7.47. The molecule has 0 aliphatic heterocycles. The van der Waals surface area contributed by atoms with Crippen LogP contribution >= 0.6 is 27.2 Å². The molecule has 0 heterocycles. The summed E-state index contributed by atoms with van der Waals surface area (Å²) in [6.45, 7) is 1.95. The monoisotopic (exact) mass is 286 g/mol. The largest absolute Gasteiger partial charge is 0.192 e. The van der Waals surface area contributed by atoms with Crippen molar-refractivity contribution in [1.82, 2.24) is 0 Å². The average molecular weight is 287 g/mol. The van der Waals surface area contributed by atoms with Gasteiger partial charge in [0.1, 0.15) is 4.59 Å². The van der Waals surface area contributed by atoms with E-state index in [2.05, 4.69) is 0 Å². The molecule has 0 aromatic heterocycles. The lowest BCUT2D eigenvalue weighted by molar-refractivity contribution is 1.47. The molecule has 0 fully saturated rings. The summed E-state index contributed by atoms with van der Waals surface area (Å²) in [6.07, 6.45) is 0. The van der Waals surface area contributed by atoms with Crippen molar-refractivity contribution in [2.45, 2.75) is 6.92 Å². The Hall–Kier alpha value is -0.510. The third-order valence-corrected chi connectivity index (χ3v) is 8.65. The molecule has 0 saturated carbocycles. The van der Waals surface area contributed by atoms with E-state index in [-0.39, 0.29) is 0 Å². The molecule has 1 rings (SSSR count). The normalized spacial score (nSPS) is 13.5. The third kappa shape index (κ3) is 2.78. The van der Waals surface area contributed by atoms with Gasteiger partial charge in [-0.15, -0.1) is 11.4 Å². The quantitative estimate of drug-likeness (QED) is 0.800. The number of hydrogen-bond acceptors (Lipinski definition) is 4. The van der Waals surface area contributed by atoms with E-state index in [1.54, 1.807) is 18.2 Å². The van der Waals surface area contributed by atoms with Gasteiger partial charge in [-0.2, -0.15) is 10.5 Å². The minimum atomic E-state index is -2.38. The van der Waals surface area contributed by atoms with Gasteiger partial charge in [-0.25, -0.2) is 0 Å². The van der Waals surface area contributed by atoms with Crippen molar-refractivity contribution < 1.29 is 0 Å². The van der Waals surface area contributed by atoms with E-state index < -0.39 is 4.59 Å². The lowest BCUT2D eigenvalue weighted by Gasteiger charge is -2.15. The molecule has 0 aliphatic carbocycles. The van der Waals surface area contributed by atoms with Crippen LogP contribution in [0.4, 0.5) is 0 Å². The van der Waals surface area contributed by atoms with Gasteiger partial charge in [0.05, 0.1) is 23.3 Å². The average Bonchev–Trinajstić information content (AvgIpc) is 2.27. The molecule has 1 atom stereocenters. The Morgan fingerprint density at radius 2 is 1.88 bits per heavy atom. The van der Waals surface area contributed by atoms with Crippen molar-refractivity contribution in [3.8, 4) is 12.1 Å². The summed E-state index contributed by atoms with van der Waals surface area (Å²) in [7, 11) is 0. The molecule has 0 saturated heterocycles. The van der Waals surface area contributed by atoms with Gasteiger partial charge in [-0.05, 0) is 17.9 Å². The van der Waals surface area contributed by atoms with E-state index in [1.807, 2.05) is 19.1 Å². The first-order chi connectivity index (χ1) is 7.56. The van der Waals surface area contributed by atoms with Crippen molar-refractivity contribution in [3.05, 3.63) is 29.3 Å². The number of hydrogen-bond donors (Lipinski definition) is 0. The van der Waals surface area contributed by atoms with Crippen LogP contribution in [0.3, 0.4) is 0 Å². The predicted molar refractivity (Wildman–Crippen MR) is 73.8 cm³/mol. The highest BCUT2D eigenvalue weighted by molar-refractivity contribution is 8.80. The lowest BCUT2D eigenvalue weighted by atomic mass is 10.1. The molecule has 0 spiro atoms. The van der Waals surface area contributed by atoms with Crippen LogP contribution in [-0.4, -0.2) is 5.75 Å². The zero-order chi connectivity index (χ0) is 12.2. The smallest absolute Gasteiger partial charge is 0.119 e. The third-order valence-electron chi connectivity index (χ3n) is 1.84. The maximum absolute atomic E-state index is 9.01. The molecule has 1 unspecified atom stereocenters. The molecule has 0 N–H and O–H groups in total. The molecule has 2 nitrogen and oxygen atoms in total. The topological polar surface area (TPSA) is 47.6 Å². The molecule has 0 amide bonds. The first-order valence-electron chi connectivity index (χ1n) is 4.44. The van der Waals surface area contributed by atoms with Crippen molar-refractivity contribution >= 4 is 44.3 Å². The van der Waals surface area contributed by atoms with Gasteiger partial charge in [-0.1, -0.05) is 36.0 Å². The van der Waals surface area contributed by atoms with Crippen LogP contribution in [0.5, 0.6) is 0 Å². The molecule has 1 aromatic rings. The first-order valence-corrected chi connectivity index (χ1v) is 9.74. The maximum atomic E-state index is 9.01. The Bertz CT molecular complexity index is 498. The number of benzene rings is 1. The SMILES string of the molecule is CCSP(=S)(Cl)c1c(C#N)cccc1C#N. The minimum absolute atomic E-state index is 0.415. The van der Waals surface area contributed by atoms with Gasteiger partial charge in [-0.3, -0.25) is 0 Å². The number of nitrogens with zero attached hydrogens (tertiary/aromatic N) is 2. The van der Waals surface area contributed by atoms with Gasteiger partial charge >= 0.3 is 0 Å². The maximum Gasteiger partial charge on any atom is 0.119 e. The summed E-state index contributed by atoms with van der Waals surface area (Å²) >= 11 is 13.1. The molecule has 1 aromatic carbocycles. The summed E-state index contributed by atoms with van der Waals surface area (Å²) in [5.74, 6) is 0.769. The molecule has 0 radical (unpaired) electrons. The van der Waals surface area contributed by atoms with Crippen LogP contribution in [0, 0.1) is 22.7 Å².